The van der Waals surface area contributed by atoms with E-state index in [4.69, 9.17) is 7.85 Å². The molecule has 1 aromatic heterocycles. The fourth-order valence-corrected chi connectivity index (χ4v) is 2.63. The number of aryl methyl sites for hydroxylation is 1. The van der Waals surface area contributed by atoms with Gasteiger partial charge in [-0.3, -0.25) is 0 Å². The lowest BCUT2D eigenvalue weighted by molar-refractivity contribution is 0.477. The fraction of sp³-hybridized carbons (Fsp3) is 0.818. The van der Waals surface area contributed by atoms with Gasteiger partial charge in [-0.15, -0.1) is 21.5 Å². The predicted molar refractivity (Wildman–Crippen MR) is 66.5 cm³/mol. The van der Waals surface area contributed by atoms with Gasteiger partial charge in [0.15, 0.2) is 0 Å². The number of hydrogen-bond acceptors (Lipinski definition) is 3. The van der Waals surface area contributed by atoms with Crippen LogP contribution >= 0.6 is 11.3 Å². The lowest BCUT2D eigenvalue weighted by Gasteiger charge is -2.26. The van der Waals surface area contributed by atoms with E-state index in [9.17, 15) is 0 Å². The minimum Gasteiger partial charge on any atom is -0.144 e. The van der Waals surface area contributed by atoms with E-state index in [-0.39, 0.29) is 5.31 Å². The maximum absolute atomic E-state index is 6.44. The molecule has 0 spiro atoms. The van der Waals surface area contributed by atoms with E-state index >= 15 is 0 Å². The first-order chi connectivity index (χ1) is 7.12. The lowest BCUT2D eigenvalue weighted by atomic mass is 9.63. The van der Waals surface area contributed by atoms with Gasteiger partial charge in [-0.1, -0.05) is 33.1 Å². The van der Waals surface area contributed by atoms with Crippen LogP contribution in [0.3, 0.4) is 0 Å². The van der Waals surface area contributed by atoms with Gasteiger partial charge in [0.25, 0.3) is 0 Å². The van der Waals surface area contributed by atoms with Crippen LogP contribution in [0, 0.1) is 6.92 Å². The smallest absolute Gasteiger partial charge is 0.114 e. The van der Waals surface area contributed by atoms with Gasteiger partial charge in [-0.05, 0) is 25.1 Å². The molecule has 0 N–H and O–H groups in total. The summed E-state index contributed by atoms with van der Waals surface area (Å²) < 4.78 is 0. The van der Waals surface area contributed by atoms with Crippen molar-refractivity contribution in [2.75, 3.05) is 0 Å². The van der Waals surface area contributed by atoms with Gasteiger partial charge in [0.05, 0.1) is 7.85 Å². The van der Waals surface area contributed by atoms with Gasteiger partial charge in [0, 0.05) is 0 Å². The molecule has 0 fully saturated rings. The van der Waals surface area contributed by atoms with E-state index in [0.29, 0.717) is 0 Å². The van der Waals surface area contributed by atoms with E-state index in [2.05, 4.69) is 24.0 Å². The Balaban J connectivity index is 2.79. The Hall–Kier alpha value is -0.375. The Kier molecular flexibility index (Phi) is 4.77. The van der Waals surface area contributed by atoms with Crippen molar-refractivity contribution in [2.45, 2.75) is 58.2 Å². The summed E-state index contributed by atoms with van der Waals surface area (Å²) >= 11 is 1.64. The molecule has 0 saturated heterocycles. The molecule has 0 aliphatic rings. The molecule has 0 aromatic carbocycles. The first-order valence-electron chi connectivity index (χ1n) is 5.72. The van der Waals surface area contributed by atoms with Crippen LogP contribution in [-0.2, 0) is 5.31 Å². The number of rotatable bonds is 6. The topological polar surface area (TPSA) is 25.8 Å². The summed E-state index contributed by atoms with van der Waals surface area (Å²) in [6.07, 6.45) is 5.46. The van der Waals surface area contributed by atoms with Crippen LogP contribution in [0.4, 0.5) is 0 Å². The zero-order valence-corrected chi connectivity index (χ0v) is 10.7. The molecular formula is C11H19BN2S. The molecule has 4 heteroatoms. The van der Waals surface area contributed by atoms with Crippen LogP contribution in [0.15, 0.2) is 0 Å². The maximum atomic E-state index is 6.44. The van der Waals surface area contributed by atoms with Crippen molar-refractivity contribution in [3.8, 4) is 0 Å². The van der Waals surface area contributed by atoms with Crippen molar-refractivity contribution in [3.63, 3.8) is 0 Å². The molecule has 1 atom stereocenters. The first-order valence-corrected chi connectivity index (χ1v) is 6.53. The lowest BCUT2D eigenvalue weighted by Crippen LogP contribution is -2.26. The van der Waals surface area contributed by atoms with Gasteiger partial charge in [-0.2, -0.15) is 0 Å². The van der Waals surface area contributed by atoms with Crippen LogP contribution in [0.5, 0.6) is 0 Å². The van der Waals surface area contributed by atoms with E-state index < -0.39 is 0 Å². The number of nitrogens with zero attached hydrogens (tertiary/aromatic N) is 2. The second-order valence-electron chi connectivity index (χ2n) is 4.14. The SMILES string of the molecule is [B]C(CCC)(CCCC)c1nnc(C)s1. The standard InChI is InChI=1S/C11H19BN2S/c1-4-6-8-11(12,7-5-2)10-14-13-9(3)15-10/h4-8H2,1-3H3. The molecule has 2 radical (unpaired) electrons. The van der Waals surface area contributed by atoms with Crippen LogP contribution < -0.4 is 0 Å². The minimum absolute atomic E-state index is 0.239. The summed E-state index contributed by atoms with van der Waals surface area (Å²) in [6.45, 7) is 6.34. The van der Waals surface area contributed by atoms with Gasteiger partial charge in [0.2, 0.25) is 0 Å². The predicted octanol–water partition coefficient (Wildman–Crippen LogP) is 3.20. The second kappa shape index (κ2) is 5.64. The third-order valence-electron chi connectivity index (χ3n) is 2.62. The molecule has 2 nitrogen and oxygen atoms in total. The molecule has 15 heavy (non-hydrogen) atoms. The van der Waals surface area contributed by atoms with Crippen molar-refractivity contribution in [2.24, 2.45) is 0 Å². The average Bonchev–Trinajstić information content (AvgIpc) is 2.63. The van der Waals surface area contributed by atoms with E-state index in [1.54, 1.807) is 11.3 Å². The average molecular weight is 222 g/mol. The van der Waals surface area contributed by atoms with Crippen LogP contribution in [0.25, 0.3) is 0 Å². The number of hydrogen-bond donors (Lipinski definition) is 0. The highest BCUT2D eigenvalue weighted by Gasteiger charge is 2.28. The monoisotopic (exact) mass is 222 g/mol. The minimum atomic E-state index is -0.239. The second-order valence-corrected chi connectivity index (χ2v) is 5.32. The van der Waals surface area contributed by atoms with Crippen LogP contribution in [-0.4, -0.2) is 18.0 Å². The Labute approximate surface area is 97.9 Å². The van der Waals surface area contributed by atoms with Crippen molar-refractivity contribution in [1.82, 2.24) is 10.2 Å². The molecule has 0 bridgehead atoms. The molecule has 82 valence electrons. The molecule has 1 heterocycles. The highest BCUT2D eigenvalue weighted by molar-refractivity contribution is 7.11. The summed E-state index contributed by atoms with van der Waals surface area (Å²) in [6, 6.07) is 0. The van der Waals surface area contributed by atoms with Gasteiger partial charge >= 0.3 is 0 Å². The van der Waals surface area contributed by atoms with Gasteiger partial charge in [0.1, 0.15) is 10.0 Å². The number of aromatic nitrogens is 2. The number of unbranched alkanes of at least 4 members (excludes halogenated alkanes) is 1. The Morgan fingerprint density at radius 3 is 2.40 bits per heavy atom. The van der Waals surface area contributed by atoms with Crippen molar-refractivity contribution < 1.29 is 0 Å². The highest BCUT2D eigenvalue weighted by atomic mass is 32.1. The maximum Gasteiger partial charge on any atom is 0.114 e. The zero-order chi connectivity index (χ0) is 11.3. The van der Waals surface area contributed by atoms with E-state index in [1.807, 2.05) is 6.92 Å². The molecule has 0 aliphatic carbocycles. The Morgan fingerprint density at radius 1 is 1.20 bits per heavy atom. The largest absolute Gasteiger partial charge is 0.144 e. The van der Waals surface area contributed by atoms with E-state index in [1.165, 1.54) is 6.42 Å². The third kappa shape index (κ3) is 3.30. The van der Waals surface area contributed by atoms with Crippen LogP contribution in [0.2, 0.25) is 0 Å². The van der Waals surface area contributed by atoms with Gasteiger partial charge in [-0.25, -0.2) is 0 Å². The molecule has 1 rings (SSSR count). The van der Waals surface area contributed by atoms with E-state index in [0.717, 1.165) is 35.7 Å². The summed E-state index contributed by atoms with van der Waals surface area (Å²) in [4.78, 5) is 0. The summed E-state index contributed by atoms with van der Waals surface area (Å²) in [7, 11) is 6.44. The molecule has 0 saturated carbocycles. The zero-order valence-electron chi connectivity index (χ0n) is 9.92. The molecular weight excluding hydrogens is 203 g/mol. The molecule has 0 aliphatic heterocycles. The Bertz CT molecular complexity index is 301. The fourth-order valence-electron chi connectivity index (χ4n) is 1.77. The molecule has 1 unspecified atom stereocenters. The third-order valence-corrected chi connectivity index (χ3v) is 3.68. The quantitative estimate of drug-likeness (QED) is 0.690. The highest BCUT2D eigenvalue weighted by Crippen LogP contribution is 2.33. The van der Waals surface area contributed by atoms with Crippen LogP contribution in [0.1, 0.15) is 56.0 Å². The van der Waals surface area contributed by atoms with Gasteiger partial charge < -0.3 is 0 Å². The summed E-state index contributed by atoms with van der Waals surface area (Å²) in [5.41, 5.74) is 0. The van der Waals surface area contributed by atoms with Crippen molar-refractivity contribution >= 4 is 19.2 Å². The van der Waals surface area contributed by atoms with Crippen molar-refractivity contribution in [1.29, 1.82) is 0 Å². The molecule has 1 aromatic rings. The first kappa shape index (κ1) is 12.7. The Morgan fingerprint density at radius 2 is 1.93 bits per heavy atom. The normalized spacial score (nSPS) is 15.1. The van der Waals surface area contributed by atoms with Crippen molar-refractivity contribution in [3.05, 3.63) is 10.0 Å². The summed E-state index contributed by atoms with van der Waals surface area (Å²) in [5, 5.41) is 10.0. The summed E-state index contributed by atoms with van der Waals surface area (Å²) in [5.74, 6) is 0. The molecule has 0 amide bonds.